The molecule has 0 bridgehead atoms. The molecule has 154 valence electrons. The van der Waals surface area contributed by atoms with Crippen LogP contribution in [0.2, 0.25) is 0 Å². The van der Waals surface area contributed by atoms with Crippen LogP contribution in [0.3, 0.4) is 0 Å². The second kappa shape index (κ2) is 9.08. The molecule has 1 heterocycles. The van der Waals surface area contributed by atoms with Gasteiger partial charge in [0.1, 0.15) is 0 Å². The van der Waals surface area contributed by atoms with Gasteiger partial charge in [0.05, 0.1) is 13.1 Å². The molecule has 0 aliphatic rings. The van der Waals surface area contributed by atoms with Gasteiger partial charge in [0.15, 0.2) is 6.29 Å². The van der Waals surface area contributed by atoms with E-state index < -0.39 is 6.29 Å². The number of hydrogen-bond donors (Lipinski definition) is 0. The molecular weight excluding hydrogens is 376 g/mol. The minimum Gasteiger partial charge on any atom is -0.353 e. The highest BCUT2D eigenvalue weighted by Gasteiger charge is 2.22. The van der Waals surface area contributed by atoms with Gasteiger partial charge in [-0.15, -0.1) is 0 Å². The van der Waals surface area contributed by atoms with Crippen LogP contribution >= 0.6 is 0 Å². The first-order chi connectivity index (χ1) is 14.4. The van der Waals surface area contributed by atoms with Crippen molar-refractivity contribution >= 4 is 5.69 Å². The molecule has 0 atom stereocenters. The number of aryl methyl sites for hydroxylation is 3. The van der Waals surface area contributed by atoms with Gasteiger partial charge in [-0.3, -0.25) is 4.79 Å². The zero-order valence-corrected chi connectivity index (χ0v) is 18.0. The van der Waals surface area contributed by atoms with E-state index in [1.54, 1.807) is 4.57 Å². The summed E-state index contributed by atoms with van der Waals surface area (Å²) in [4.78, 5) is 17.0. The normalized spacial score (nSPS) is 11.0. The fourth-order valence-corrected chi connectivity index (χ4v) is 3.69. The van der Waals surface area contributed by atoms with Crippen molar-refractivity contribution in [2.75, 3.05) is 14.2 Å². The third kappa shape index (κ3) is 4.20. The van der Waals surface area contributed by atoms with Gasteiger partial charge in [0, 0.05) is 25.5 Å². The van der Waals surface area contributed by atoms with E-state index in [1.165, 1.54) is 19.8 Å². The van der Waals surface area contributed by atoms with Gasteiger partial charge in [-0.1, -0.05) is 47.5 Å². The number of rotatable bonds is 6. The predicted molar refractivity (Wildman–Crippen MR) is 119 cm³/mol. The maximum absolute atomic E-state index is 13.5. The van der Waals surface area contributed by atoms with E-state index in [0.717, 1.165) is 27.9 Å². The summed E-state index contributed by atoms with van der Waals surface area (Å²) >= 11 is 0. The number of nitrogens with zero attached hydrogens (tertiary/aromatic N) is 2. The van der Waals surface area contributed by atoms with Gasteiger partial charge in [-0.25, -0.2) is 4.85 Å². The van der Waals surface area contributed by atoms with Crippen LogP contribution in [-0.2, 0) is 16.0 Å². The van der Waals surface area contributed by atoms with E-state index in [4.69, 9.17) is 16.0 Å². The zero-order valence-electron chi connectivity index (χ0n) is 18.0. The Bertz CT molecular complexity index is 1170. The molecule has 3 aromatic rings. The molecule has 0 radical (unpaired) electrons. The van der Waals surface area contributed by atoms with Crippen LogP contribution in [0.4, 0.5) is 5.69 Å². The molecule has 3 rings (SSSR count). The van der Waals surface area contributed by atoms with Crippen molar-refractivity contribution in [2.45, 2.75) is 33.6 Å². The van der Waals surface area contributed by atoms with Crippen molar-refractivity contribution < 1.29 is 9.47 Å². The van der Waals surface area contributed by atoms with E-state index in [2.05, 4.69) is 10.9 Å². The first-order valence-corrected chi connectivity index (χ1v) is 9.73. The molecule has 0 aliphatic carbocycles. The molecule has 0 amide bonds. The minimum atomic E-state index is -0.791. The smallest absolute Gasteiger partial charge is 0.258 e. The number of hydrogen-bond acceptors (Lipinski definition) is 3. The summed E-state index contributed by atoms with van der Waals surface area (Å²) < 4.78 is 12.4. The van der Waals surface area contributed by atoms with Crippen molar-refractivity contribution in [3.05, 3.63) is 98.1 Å². The molecule has 1 aromatic heterocycles. The Kier molecular flexibility index (Phi) is 6.51. The Morgan fingerprint density at radius 3 is 2.30 bits per heavy atom. The van der Waals surface area contributed by atoms with E-state index in [0.29, 0.717) is 12.1 Å². The highest BCUT2D eigenvalue weighted by atomic mass is 16.7. The first kappa shape index (κ1) is 21.5. The molecule has 5 heteroatoms. The molecule has 0 spiro atoms. The summed E-state index contributed by atoms with van der Waals surface area (Å²) in [6, 6.07) is 16.0. The summed E-state index contributed by atoms with van der Waals surface area (Å²) in [5.74, 6) is 0. The predicted octanol–water partition coefficient (Wildman–Crippen LogP) is 5.33. The molecule has 2 aromatic carbocycles. The first-order valence-electron chi connectivity index (χ1n) is 9.73. The molecule has 5 nitrogen and oxygen atoms in total. The lowest BCUT2D eigenvalue weighted by atomic mass is 10.0. The van der Waals surface area contributed by atoms with Crippen molar-refractivity contribution in [1.82, 2.24) is 4.57 Å². The number of methoxy groups -OCH3 is 2. The second-order valence-corrected chi connectivity index (χ2v) is 7.44. The third-order valence-electron chi connectivity index (χ3n) is 5.24. The number of aromatic nitrogens is 1. The van der Waals surface area contributed by atoms with E-state index in [9.17, 15) is 4.79 Å². The number of benzene rings is 2. The Labute approximate surface area is 177 Å². The lowest BCUT2D eigenvalue weighted by molar-refractivity contribution is -0.105. The molecule has 30 heavy (non-hydrogen) atoms. The second-order valence-electron chi connectivity index (χ2n) is 7.44. The summed E-state index contributed by atoms with van der Waals surface area (Å²) in [6.45, 7) is 14.1. The van der Waals surface area contributed by atoms with Crippen LogP contribution in [0.15, 0.2) is 53.3 Å². The average molecular weight is 402 g/mol. The monoisotopic (exact) mass is 402 g/mol. The quantitative estimate of drug-likeness (QED) is 0.413. The highest BCUT2D eigenvalue weighted by Crippen LogP contribution is 2.31. The van der Waals surface area contributed by atoms with E-state index in [-0.39, 0.29) is 11.2 Å². The lowest BCUT2D eigenvalue weighted by Crippen LogP contribution is -2.25. The third-order valence-corrected chi connectivity index (χ3v) is 5.24. The lowest BCUT2D eigenvalue weighted by Gasteiger charge is -2.21. The van der Waals surface area contributed by atoms with Crippen LogP contribution < -0.4 is 5.56 Å². The largest absolute Gasteiger partial charge is 0.353 e. The van der Waals surface area contributed by atoms with Crippen LogP contribution in [0.25, 0.3) is 16.1 Å². The van der Waals surface area contributed by atoms with E-state index >= 15 is 0 Å². The van der Waals surface area contributed by atoms with Crippen LogP contribution in [-0.4, -0.2) is 18.8 Å². The van der Waals surface area contributed by atoms with Crippen LogP contribution in [0, 0.1) is 27.3 Å². The maximum atomic E-state index is 13.5. The molecular formula is C25H26N2O3. The van der Waals surface area contributed by atoms with Gasteiger partial charge in [0.2, 0.25) is 0 Å². The van der Waals surface area contributed by atoms with Gasteiger partial charge in [-0.2, -0.15) is 0 Å². The highest BCUT2D eigenvalue weighted by molar-refractivity contribution is 5.66. The van der Waals surface area contributed by atoms with E-state index in [1.807, 2.05) is 63.2 Å². The summed E-state index contributed by atoms with van der Waals surface area (Å²) in [7, 11) is 2.99. The topological polar surface area (TPSA) is 44.8 Å². The summed E-state index contributed by atoms with van der Waals surface area (Å²) in [5.41, 5.74) is 6.14. The van der Waals surface area contributed by atoms with Crippen molar-refractivity contribution in [2.24, 2.45) is 0 Å². The molecule has 0 unspecified atom stereocenters. The summed E-state index contributed by atoms with van der Waals surface area (Å²) in [6.07, 6.45) is -0.791. The zero-order chi connectivity index (χ0) is 21.8. The van der Waals surface area contributed by atoms with Gasteiger partial charge in [0.25, 0.3) is 11.2 Å². The van der Waals surface area contributed by atoms with Crippen molar-refractivity contribution in [3.8, 4) is 11.3 Å². The molecule has 0 aliphatic heterocycles. The Hall–Kier alpha value is -3.20. The minimum absolute atomic E-state index is 0.0184. The Balaban J connectivity index is 2.31. The number of ether oxygens (including phenoxy) is 2. The summed E-state index contributed by atoms with van der Waals surface area (Å²) in [5, 5.41) is 0. The molecule has 0 fully saturated rings. The molecule has 0 saturated heterocycles. The number of pyridine rings is 1. The van der Waals surface area contributed by atoms with Crippen molar-refractivity contribution in [3.63, 3.8) is 0 Å². The van der Waals surface area contributed by atoms with Crippen LogP contribution in [0.5, 0.6) is 0 Å². The van der Waals surface area contributed by atoms with Gasteiger partial charge >= 0.3 is 0 Å². The Morgan fingerprint density at radius 1 is 1.00 bits per heavy atom. The van der Waals surface area contributed by atoms with Crippen molar-refractivity contribution in [1.29, 1.82) is 0 Å². The van der Waals surface area contributed by atoms with Crippen LogP contribution in [0.1, 0.15) is 34.1 Å². The van der Waals surface area contributed by atoms with Gasteiger partial charge in [-0.05, 0) is 49.6 Å². The SMILES string of the molecule is [C-]#[N+]c1c(C(OC)OC)cc(-c2cccc(C)c2)n(Cc2ccc(C)cc2C)c1=O. The molecule has 0 saturated carbocycles. The average Bonchev–Trinajstić information content (AvgIpc) is 2.72. The fraction of sp³-hybridized carbons (Fsp3) is 0.280. The standard InChI is InChI=1S/C25H26N2O3/c1-16-8-7-9-19(13-16)22-14-21(25(29-5)30-6)23(26-4)24(28)27(22)15-20-11-10-17(2)12-18(20)3/h7-14,25H,15H2,1-3,5-6H3. The van der Waals surface area contributed by atoms with Gasteiger partial charge < -0.3 is 14.0 Å². The fourth-order valence-electron chi connectivity index (χ4n) is 3.69. The maximum Gasteiger partial charge on any atom is 0.258 e. The molecule has 0 N–H and O–H groups in total. The Morgan fingerprint density at radius 2 is 1.70 bits per heavy atom.